The summed E-state index contributed by atoms with van der Waals surface area (Å²) in [7, 11) is 0. The van der Waals surface area contributed by atoms with Crippen molar-refractivity contribution >= 4 is 22.4 Å². The normalized spacial score (nSPS) is 11.7. The fourth-order valence-corrected chi connectivity index (χ4v) is 5.45. The maximum Gasteiger partial charge on any atom is 0.291 e. The second-order valence-electron chi connectivity index (χ2n) is 9.71. The van der Waals surface area contributed by atoms with Crippen molar-refractivity contribution < 1.29 is 9.47 Å². The number of para-hydroxylation sites is 1. The number of hydrogen-bond donors (Lipinski definition) is 0. The van der Waals surface area contributed by atoms with Gasteiger partial charge in [0, 0.05) is 22.9 Å². The van der Waals surface area contributed by atoms with Crippen LogP contribution in [0.4, 0.5) is 0 Å². The van der Waals surface area contributed by atoms with Gasteiger partial charge in [0.15, 0.2) is 5.82 Å². The van der Waals surface area contributed by atoms with E-state index in [1.165, 1.54) is 15.9 Å². The summed E-state index contributed by atoms with van der Waals surface area (Å²) >= 11 is 1.30. The van der Waals surface area contributed by atoms with Crippen LogP contribution in [-0.2, 0) is 0 Å². The molecule has 42 heavy (non-hydrogen) atoms. The number of thiazole rings is 1. The lowest BCUT2D eigenvalue weighted by molar-refractivity contribution is 0.315. The zero-order chi connectivity index (χ0) is 29.1. The van der Waals surface area contributed by atoms with E-state index in [9.17, 15) is 4.79 Å². The SMILES string of the molecule is C=CCOc1ccc(-c2nc3s/c(=C/c4cn(-c5ccccc5)nc4-c4ccc(OCCC)c(C)c4)c(=O)n3n2)cc1. The molecule has 8 nitrogen and oxygen atoms in total. The van der Waals surface area contributed by atoms with Crippen LogP contribution in [0, 0.1) is 6.92 Å². The summed E-state index contributed by atoms with van der Waals surface area (Å²) in [5.74, 6) is 2.07. The minimum Gasteiger partial charge on any atom is -0.493 e. The highest BCUT2D eigenvalue weighted by Crippen LogP contribution is 2.29. The van der Waals surface area contributed by atoms with E-state index in [-0.39, 0.29) is 5.56 Å². The second kappa shape index (κ2) is 11.8. The molecule has 0 saturated carbocycles. The van der Waals surface area contributed by atoms with Crippen LogP contribution in [-0.4, -0.2) is 37.6 Å². The van der Waals surface area contributed by atoms with Gasteiger partial charge in [-0.1, -0.05) is 49.1 Å². The third-order valence-corrected chi connectivity index (χ3v) is 7.58. The van der Waals surface area contributed by atoms with Gasteiger partial charge in [-0.05, 0) is 79.6 Å². The Morgan fingerprint density at radius 3 is 2.48 bits per heavy atom. The molecule has 0 spiro atoms. The highest BCUT2D eigenvalue weighted by atomic mass is 32.1. The lowest BCUT2D eigenvalue weighted by atomic mass is 10.0. The predicted molar refractivity (Wildman–Crippen MR) is 167 cm³/mol. The molecule has 3 heterocycles. The monoisotopic (exact) mass is 575 g/mol. The Labute approximate surface area is 246 Å². The quantitative estimate of drug-likeness (QED) is 0.190. The van der Waals surface area contributed by atoms with Crippen molar-refractivity contribution in [2.24, 2.45) is 0 Å². The second-order valence-corrected chi connectivity index (χ2v) is 10.7. The van der Waals surface area contributed by atoms with Gasteiger partial charge in [-0.3, -0.25) is 4.79 Å². The molecule has 6 rings (SSSR count). The molecule has 6 aromatic rings. The first kappa shape index (κ1) is 27.2. The van der Waals surface area contributed by atoms with Gasteiger partial charge in [0.25, 0.3) is 5.56 Å². The van der Waals surface area contributed by atoms with E-state index in [0.717, 1.165) is 51.6 Å². The van der Waals surface area contributed by atoms with Crippen LogP contribution in [0.5, 0.6) is 11.5 Å². The number of hydrogen-bond acceptors (Lipinski definition) is 7. The van der Waals surface area contributed by atoms with E-state index in [4.69, 9.17) is 14.6 Å². The third-order valence-electron chi connectivity index (χ3n) is 6.62. The molecule has 0 amide bonds. The number of rotatable bonds is 10. The molecule has 0 bridgehead atoms. The summed E-state index contributed by atoms with van der Waals surface area (Å²) < 4.78 is 15.2. The molecule has 0 atom stereocenters. The summed E-state index contributed by atoms with van der Waals surface area (Å²) in [5, 5.41) is 9.43. The van der Waals surface area contributed by atoms with Gasteiger partial charge >= 0.3 is 0 Å². The highest BCUT2D eigenvalue weighted by Gasteiger charge is 2.16. The number of aromatic nitrogens is 5. The largest absolute Gasteiger partial charge is 0.493 e. The van der Waals surface area contributed by atoms with Gasteiger partial charge in [-0.2, -0.15) is 14.6 Å². The summed E-state index contributed by atoms with van der Waals surface area (Å²) in [5.41, 5.74) is 5.05. The van der Waals surface area contributed by atoms with Crippen LogP contribution in [0.25, 0.3) is 39.4 Å². The molecule has 0 aliphatic rings. The summed E-state index contributed by atoms with van der Waals surface area (Å²) in [6.07, 6.45) is 6.45. The van der Waals surface area contributed by atoms with E-state index in [2.05, 4.69) is 29.7 Å². The Hall–Kier alpha value is -5.02. The molecule has 0 aliphatic carbocycles. The first-order valence-corrected chi connectivity index (χ1v) is 14.5. The Kier molecular flexibility index (Phi) is 7.66. The van der Waals surface area contributed by atoms with Crippen molar-refractivity contribution in [1.82, 2.24) is 24.4 Å². The molecular formula is C33H29N5O3S. The van der Waals surface area contributed by atoms with E-state index >= 15 is 0 Å². The molecule has 3 aromatic carbocycles. The Bertz CT molecular complexity index is 1970. The van der Waals surface area contributed by atoms with Crippen LogP contribution in [0.2, 0.25) is 0 Å². The number of aryl methyl sites for hydroxylation is 1. The molecule has 0 radical (unpaired) electrons. The molecule has 0 unspecified atom stereocenters. The fraction of sp³-hybridized carbons (Fsp3) is 0.152. The number of ether oxygens (including phenoxy) is 2. The van der Waals surface area contributed by atoms with Crippen molar-refractivity contribution in [2.75, 3.05) is 13.2 Å². The number of benzene rings is 3. The zero-order valence-corrected chi connectivity index (χ0v) is 24.2. The Morgan fingerprint density at radius 1 is 0.976 bits per heavy atom. The summed E-state index contributed by atoms with van der Waals surface area (Å²) in [4.78, 5) is 18.6. The van der Waals surface area contributed by atoms with Crippen LogP contribution in [0.1, 0.15) is 24.5 Å². The maximum absolute atomic E-state index is 13.4. The molecule has 9 heteroatoms. The van der Waals surface area contributed by atoms with Crippen LogP contribution >= 0.6 is 11.3 Å². The zero-order valence-electron chi connectivity index (χ0n) is 23.4. The molecule has 3 aromatic heterocycles. The third kappa shape index (κ3) is 5.46. The molecule has 0 saturated heterocycles. The molecule has 0 fully saturated rings. The Balaban J connectivity index is 1.39. The highest BCUT2D eigenvalue weighted by molar-refractivity contribution is 7.15. The summed E-state index contributed by atoms with van der Waals surface area (Å²) in [6, 6.07) is 23.4. The minimum atomic E-state index is -0.224. The maximum atomic E-state index is 13.4. The average molecular weight is 576 g/mol. The van der Waals surface area contributed by atoms with Crippen molar-refractivity contribution in [1.29, 1.82) is 0 Å². The van der Waals surface area contributed by atoms with Gasteiger partial charge in [-0.15, -0.1) is 5.10 Å². The van der Waals surface area contributed by atoms with Crippen LogP contribution in [0.3, 0.4) is 0 Å². The number of nitrogens with zero attached hydrogens (tertiary/aromatic N) is 5. The minimum absolute atomic E-state index is 0.224. The van der Waals surface area contributed by atoms with E-state index in [1.807, 2.05) is 90.6 Å². The van der Waals surface area contributed by atoms with Crippen molar-refractivity contribution in [3.63, 3.8) is 0 Å². The first-order chi connectivity index (χ1) is 20.5. The van der Waals surface area contributed by atoms with Crippen LogP contribution < -0.4 is 19.6 Å². The van der Waals surface area contributed by atoms with Gasteiger partial charge in [0.1, 0.15) is 23.8 Å². The Morgan fingerprint density at radius 2 is 1.76 bits per heavy atom. The van der Waals surface area contributed by atoms with Crippen molar-refractivity contribution in [3.8, 4) is 39.8 Å². The summed E-state index contributed by atoms with van der Waals surface area (Å²) in [6.45, 7) is 8.88. The van der Waals surface area contributed by atoms with Gasteiger partial charge in [0.05, 0.1) is 16.8 Å². The lowest BCUT2D eigenvalue weighted by Crippen LogP contribution is -2.23. The van der Waals surface area contributed by atoms with E-state index < -0.39 is 0 Å². The average Bonchev–Trinajstić information content (AvgIpc) is 3.71. The predicted octanol–water partition coefficient (Wildman–Crippen LogP) is 5.88. The van der Waals surface area contributed by atoms with Gasteiger partial charge in [-0.25, -0.2) is 4.68 Å². The van der Waals surface area contributed by atoms with E-state index in [1.54, 1.807) is 6.08 Å². The number of fused-ring (bicyclic) bond motifs is 1. The smallest absolute Gasteiger partial charge is 0.291 e. The first-order valence-electron chi connectivity index (χ1n) is 13.7. The molecule has 210 valence electrons. The van der Waals surface area contributed by atoms with Crippen molar-refractivity contribution in [3.05, 3.63) is 118 Å². The van der Waals surface area contributed by atoms with Gasteiger partial charge in [0.2, 0.25) is 4.96 Å². The van der Waals surface area contributed by atoms with Crippen LogP contribution in [0.15, 0.2) is 96.4 Å². The van der Waals surface area contributed by atoms with E-state index in [0.29, 0.717) is 28.5 Å². The topological polar surface area (TPSA) is 83.5 Å². The lowest BCUT2D eigenvalue weighted by Gasteiger charge is -2.09. The van der Waals surface area contributed by atoms with Gasteiger partial charge < -0.3 is 9.47 Å². The van der Waals surface area contributed by atoms with Crippen molar-refractivity contribution in [2.45, 2.75) is 20.3 Å². The molecular weight excluding hydrogens is 546 g/mol. The molecule has 0 aliphatic heterocycles. The fourth-order valence-electron chi connectivity index (χ4n) is 4.55. The standard InChI is InChI=1S/C33H29N5O3S/c1-4-17-40-27-14-11-23(12-15-27)31-34-33-38(36-31)32(39)29(42-33)20-25-21-37(26-9-7-6-8-10-26)35-30(25)24-13-16-28(22(3)19-24)41-18-5-2/h4,6-16,19-21H,1,5,17-18H2,2-3H3/b29-20+. The molecule has 0 N–H and O–H groups in total.